The summed E-state index contributed by atoms with van der Waals surface area (Å²) in [5.41, 5.74) is 0.718. The quantitative estimate of drug-likeness (QED) is 0.473. The average Bonchev–Trinajstić information content (AvgIpc) is 2.38. The van der Waals surface area contributed by atoms with Crippen molar-refractivity contribution in [2.24, 2.45) is 0 Å². The van der Waals surface area contributed by atoms with Crippen LogP contribution in [-0.4, -0.2) is 17.5 Å². The Balaban J connectivity index is 2.16. The van der Waals surface area contributed by atoms with Gasteiger partial charge in [-0.1, -0.05) is 0 Å². The van der Waals surface area contributed by atoms with Gasteiger partial charge in [0.25, 0.3) is 5.69 Å². The fourth-order valence-electron chi connectivity index (χ4n) is 1.87. The lowest BCUT2D eigenvalue weighted by molar-refractivity contribution is -0.384. The highest BCUT2D eigenvalue weighted by atomic mass is 16.6. The molecule has 0 bridgehead atoms. The Morgan fingerprint density at radius 1 is 1.42 bits per heavy atom. The number of nitro benzene ring substituents is 1. The van der Waals surface area contributed by atoms with Gasteiger partial charge in [-0.25, -0.2) is 4.79 Å². The van der Waals surface area contributed by atoms with Crippen molar-refractivity contribution >= 4 is 11.7 Å². The molecule has 0 aromatic heterocycles. The van der Waals surface area contributed by atoms with Crippen LogP contribution in [0.4, 0.5) is 5.69 Å². The van der Waals surface area contributed by atoms with E-state index in [2.05, 4.69) is 0 Å². The first-order chi connectivity index (χ1) is 9.10. The van der Waals surface area contributed by atoms with E-state index in [-0.39, 0.29) is 5.69 Å². The van der Waals surface area contributed by atoms with Gasteiger partial charge in [0.1, 0.15) is 11.9 Å². The summed E-state index contributed by atoms with van der Waals surface area (Å²) < 4.78 is 10.5. The van der Waals surface area contributed by atoms with Crippen LogP contribution in [0.1, 0.15) is 25.0 Å². The number of cyclic esters (lactones) is 1. The van der Waals surface area contributed by atoms with E-state index in [0.717, 1.165) is 0 Å². The Hall–Kier alpha value is -2.37. The third-order valence-electron chi connectivity index (χ3n) is 2.73. The molecule has 0 radical (unpaired) electrons. The van der Waals surface area contributed by atoms with Crippen LogP contribution in [0.25, 0.3) is 0 Å². The monoisotopic (exact) mass is 263 g/mol. The van der Waals surface area contributed by atoms with Crippen LogP contribution in [0, 0.1) is 10.1 Å². The molecule has 0 saturated carbocycles. The second-order valence-corrected chi connectivity index (χ2v) is 4.02. The lowest BCUT2D eigenvalue weighted by Gasteiger charge is -2.23. The van der Waals surface area contributed by atoms with Gasteiger partial charge in [0, 0.05) is 18.6 Å². The predicted molar refractivity (Wildman–Crippen MR) is 66.3 cm³/mol. The molecule has 6 nitrogen and oxygen atoms in total. The molecule has 100 valence electrons. The van der Waals surface area contributed by atoms with Gasteiger partial charge < -0.3 is 9.47 Å². The molecular weight excluding hydrogens is 250 g/mol. The third-order valence-corrected chi connectivity index (χ3v) is 2.73. The summed E-state index contributed by atoms with van der Waals surface area (Å²) in [6, 6.07) is 5.96. The number of hydrogen-bond donors (Lipinski definition) is 0. The second-order valence-electron chi connectivity index (χ2n) is 4.02. The van der Waals surface area contributed by atoms with Crippen molar-refractivity contribution in [2.75, 3.05) is 6.61 Å². The molecule has 0 spiro atoms. The summed E-state index contributed by atoms with van der Waals surface area (Å²) in [7, 11) is 0. The van der Waals surface area contributed by atoms with Crippen molar-refractivity contribution < 1.29 is 19.2 Å². The lowest BCUT2D eigenvalue weighted by atomic mass is 10.0. The van der Waals surface area contributed by atoms with Crippen LogP contribution < -0.4 is 0 Å². The first-order valence-electron chi connectivity index (χ1n) is 5.88. The highest BCUT2D eigenvalue weighted by Crippen LogP contribution is 2.30. The molecule has 0 fully saturated rings. The summed E-state index contributed by atoms with van der Waals surface area (Å²) in [6.45, 7) is 2.31. The molecule has 0 aliphatic carbocycles. The minimum absolute atomic E-state index is 0.00598. The van der Waals surface area contributed by atoms with Crippen LogP contribution in [0.2, 0.25) is 0 Å². The summed E-state index contributed by atoms with van der Waals surface area (Å²) in [6.07, 6.45) is 1.31. The molecule has 0 saturated heterocycles. The zero-order chi connectivity index (χ0) is 13.8. The molecule has 1 aromatic carbocycles. The summed E-state index contributed by atoms with van der Waals surface area (Å²) in [5, 5.41) is 10.6. The number of hydrogen-bond acceptors (Lipinski definition) is 5. The second kappa shape index (κ2) is 5.51. The van der Waals surface area contributed by atoms with Crippen LogP contribution in [0.3, 0.4) is 0 Å². The SMILES string of the molecule is CCOC1=CC(=O)OC(c2ccc([N+](=O)[O-])cc2)C1. The Morgan fingerprint density at radius 3 is 2.68 bits per heavy atom. The normalized spacial score (nSPS) is 18.5. The van der Waals surface area contributed by atoms with Crippen molar-refractivity contribution in [3.63, 3.8) is 0 Å². The fourth-order valence-corrected chi connectivity index (χ4v) is 1.87. The summed E-state index contributed by atoms with van der Waals surface area (Å²) >= 11 is 0. The Kier molecular flexibility index (Phi) is 3.79. The first kappa shape index (κ1) is 13.1. The summed E-state index contributed by atoms with van der Waals surface area (Å²) in [4.78, 5) is 21.5. The van der Waals surface area contributed by atoms with Gasteiger partial charge in [-0.3, -0.25) is 10.1 Å². The molecule has 0 N–H and O–H groups in total. The van der Waals surface area contributed by atoms with E-state index in [1.807, 2.05) is 6.92 Å². The van der Waals surface area contributed by atoms with E-state index in [1.54, 1.807) is 12.1 Å². The standard InChI is InChI=1S/C13H13NO5/c1-2-18-11-7-12(19-13(15)8-11)9-3-5-10(6-4-9)14(16)17/h3-6,8,12H,2,7H2,1H3. The van der Waals surface area contributed by atoms with Gasteiger partial charge in [0.2, 0.25) is 0 Å². The Bertz CT molecular complexity index is 520. The van der Waals surface area contributed by atoms with Crippen LogP contribution in [0.5, 0.6) is 0 Å². The molecule has 1 aromatic rings. The van der Waals surface area contributed by atoms with Gasteiger partial charge >= 0.3 is 5.97 Å². The van der Waals surface area contributed by atoms with Crippen molar-refractivity contribution in [2.45, 2.75) is 19.4 Å². The Labute approximate surface area is 109 Å². The van der Waals surface area contributed by atoms with E-state index in [4.69, 9.17) is 9.47 Å². The first-order valence-corrected chi connectivity index (χ1v) is 5.88. The summed E-state index contributed by atoms with van der Waals surface area (Å²) in [5.74, 6) is 0.111. The number of non-ortho nitro benzene ring substituents is 1. The number of rotatable bonds is 4. The van der Waals surface area contributed by atoms with Crippen molar-refractivity contribution in [3.05, 3.63) is 51.8 Å². The number of benzene rings is 1. The van der Waals surface area contributed by atoms with Crippen LogP contribution in [0.15, 0.2) is 36.1 Å². The average molecular weight is 263 g/mol. The number of esters is 1. The van der Waals surface area contributed by atoms with Gasteiger partial charge in [0.15, 0.2) is 0 Å². The number of nitrogens with zero attached hydrogens (tertiary/aromatic N) is 1. The van der Waals surface area contributed by atoms with E-state index in [0.29, 0.717) is 24.4 Å². The molecule has 1 aliphatic rings. The van der Waals surface area contributed by atoms with E-state index >= 15 is 0 Å². The predicted octanol–water partition coefficient (Wildman–Crippen LogP) is 2.50. The van der Waals surface area contributed by atoms with Crippen LogP contribution in [-0.2, 0) is 14.3 Å². The lowest BCUT2D eigenvalue weighted by Crippen LogP contribution is -2.17. The zero-order valence-corrected chi connectivity index (χ0v) is 10.4. The smallest absolute Gasteiger partial charge is 0.334 e. The van der Waals surface area contributed by atoms with E-state index in [9.17, 15) is 14.9 Å². The molecule has 1 atom stereocenters. The maximum atomic E-state index is 11.4. The van der Waals surface area contributed by atoms with Gasteiger partial charge in [-0.2, -0.15) is 0 Å². The minimum Gasteiger partial charge on any atom is -0.498 e. The molecule has 1 unspecified atom stereocenters. The minimum atomic E-state index is -0.470. The maximum absolute atomic E-state index is 11.4. The number of nitro groups is 1. The van der Waals surface area contributed by atoms with Gasteiger partial charge in [-0.15, -0.1) is 0 Å². The number of carbonyl (C=O) groups is 1. The van der Waals surface area contributed by atoms with Crippen molar-refractivity contribution in [1.82, 2.24) is 0 Å². The molecule has 19 heavy (non-hydrogen) atoms. The van der Waals surface area contributed by atoms with Gasteiger partial charge in [-0.05, 0) is 24.6 Å². The van der Waals surface area contributed by atoms with Crippen molar-refractivity contribution in [3.8, 4) is 0 Å². The zero-order valence-electron chi connectivity index (χ0n) is 10.4. The topological polar surface area (TPSA) is 78.7 Å². The highest BCUT2D eigenvalue weighted by molar-refractivity contribution is 5.83. The third kappa shape index (κ3) is 3.09. The molecule has 1 aliphatic heterocycles. The maximum Gasteiger partial charge on any atom is 0.334 e. The Morgan fingerprint density at radius 2 is 2.11 bits per heavy atom. The van der Waals surface area contributed by atoms with E-state index < -0.39 is 17.0 Å². The molecular formula is C13H13NO5. The highest BCUT2D eigenvalue weighted by Gasteiger charge is 2.24. The van der Waals surface area contributed by atoms with Gasteiger partial charge in [0.05, 0.1) is 17.6 Å². The number of ether oxygens (including phenoxy) is 2. The molecule has 0 amide bonds. The van der Waals surface area contributed by atoms with E-state index in [1.165, 1.54) is 18.2 Å². The molecule has 2 rings (SSSR count). The molecule has 6 heteroatoms. The largest absolute Gasteiger partial charge is 0.498 e. The van der Waals surface area contributed by atoms with Crippen LogP contribution >= 0.6 is 0 Å². The number of carbonyl (C=O) groups excluding carboxylic acids is 1. The molecule has 1 heterocycles. The van der Waals surface area contributed by atoms with Crippen molar-refractivity contribution in [1.29, 1.82) is 0 Å². The fraction of sp³-hybridized carbons (Fsp3) is 0.308.